The minimum Gasteiger partial charge on any atom is -0.487 e. The van der Waals surface area contributed by atoms with E-state index in [2.05, 4.69) is 4.98 Å². The molecular weight excluding hydrogens is 245 g/mol. The summed E-state index contributed by atoms with van der Waals surface area (Å²) in [6.45, 7) is 3.76. The molecule has 0 aliphatic carbocycles. The van der Waals surface area contributed by atoms with E-state index in [1.807, 2.05) is 19.1 Å². The number of halogens is 1. The summed E-state index contributed by atoms with van der Waals surface area (Å²) in [5.41, 5.74) is 2.12. The first-order valence-electron chi connectivity index (χ1n) is 6.08. The van der Waals surface area contributed by atoms with Gasteiger partial charge in [-0.2, -0.15) is 0 Å². The molecule has 1 aromatic carbocycles. The fraction of sp³-hybridized carbons (Fsp3) is 0.267. The number of rotatable bonds is 4. The second kappa shape index (κ2) is 5.80. The van der Waals surface area contributed by atoms with Crippen LogP contribution in [0, 0.1) is 12.7 Å². The zero-order chi connectivity index (χ0) is 13.8. The summed E-state index contributed by atoms with van der Waals surface area (Å²) in [6.07, 6.45) is 0.870. The third kappa shape index (κ3) is 3.29. The predicted molar refractivity (Wildman–Crippen MR) is 70.3 cm³/mol. The molecule has 100 valence electrons. The van der Waals surface area contributed by atoms with E-state index < -0.39 is 11.9 Å². The molecule has 2 rings (SSSR count). The number of aryl methyl sites for hydroxylation is 1. The third-order valence-corrected chi connectivity index (χ3v) is 2.92. The van der Waals surface area contributed by atoms with Gasteiger partial charge in [-0.1, -0.05) is 6.07 Å². The van der Waals surface area contributed by atoms with Gasteiger partial charge in [-0.15, -0.1) is 0 Å². The van der Waals surface area contributed by atoms with Crippen molar-refractivity contribution in [2.45, 2.75) is 26.6 Å². The standard InChI is InChI=1S/C15H16FNO2/c1-10-4-3-7-17-15(10)9-19-12-5-6-13(11(2)18)14(16)8-12/h3-8,11,18H,9H2,1-2H3/t11-/m1/s1. The number of nitrogens with zero attached hydrogens (tertiary/aromatic N) is 1. The number of pyridine rings is 1. The third-order valence-electron chi connectivity index (χ3n) is 2.92. The number of ether oxygens (including phenoxy) is 1. The molecular formula is C15H16FNO2. The van der Waals surface area contributed by atoms with Gasteiger partial charge in [0.15, 0.2) is 0 Å². The Labute approximate surface area is 111 Å². The highest BCUT2D eigenvalue weighted by Crippen LogP contribution is 2.22. The molecule has 0 radical (unpaired) electrons. The molecule has 2 aromatic rings. The van der Waals surface area contributed by atoms with Crippen molar-refractivity contribution in [1.82, 2.24) is 4.98 Å². The normalized spacial score (nSPS) is 12.2. The van der Waals surface area contributed by atoms with Crippen LogP contribution in [0.1, 0.15) is 29.8 Å². The van der Waals surface area contributed by atoms with Gasteiger partial charge in [-0.05, 0) is 37.6 Å². The van der Waals surface area contributed by atoms with E-state index in [9.17, 15) is 9.50 Å². The van der Waals surface area contributed by atoms with Gasteiger partial charge >= 0.3 is 0 Å². The van der Waals surface area contributed by atoms with Gasteiger partial charge in [0, 0.05) is 17.8 Å². The highest BCUT2D eigenvalue weighted by atomic mass is 19.1. The molecule has 1 aromatic heterocycles. The number of aromatic nitrogens is 1. The molecule has 1 N–H and O–H groups in total. The summed E-state index contributed by atoms with van der Waals surface area (Å²) in [7, 11) is 0. The minimum atomic E-state index is -0.827. The van der Waals surface area contributed by atoms with Gasteiger partial charge in [0.1, 0.15) is 18.2 Å². The topological polar surface area (TPSA) is 42.4 Å². The van der Waals surface area contributed by atoms with Gasteiger partial charge in [0.25, 0.3) is 0 Å². The molecule has 0 unspecified atom stereocenters. The second-order valence-corrected chi connectivity index (χ2v) is 4.41. The quantitative estimate of drug-likeness (QED) is 0.919. The number of hydrogen-bond donors (Lipinski definition) is 1. The van der Waals surface area contributed by atoms with Crippen LogP contribution < -0.4 is 4.74 Å². The first-order valence-corrected chi connectivity index (χ1v) is 6.08. The first kappa shape index (κ1) is 13.5. The average Bonchev–Trinajstić information content (AvgIpc) is 2.37. The number of aliphatic hydroxyl groups excluding tert-OH is 1. The molecule has 1 atom stereocenters. The number of hydrogen-bond acceptors (Lipinski definition) is 3. The Hall–Kier alpha value is -1.94. The highest BCUT2D eigenvalue weighted by Gasteiger charge is 2.09. The van der Waals surface area contributed by atoms with Crippen LogP contribution in [-0.2, 0) is 6.61 Å². The molecule has 0 saturated heterocycles. The van der Waals surface area contributed by atoms with Gasteiger partial charge in [-0.25, -0.2) is 4.39 Å². The Morgan fingerprint density at radius 1 is 1.37 bits per heavy atom. The maximum Gasteiger partial charge on any atom is 0.132 e. The van der Waals surface area contributed by atoms with Crippen molar-refractivity contribution in [1.29, 1.82) is 0 Å². The molecule has 0 amide bonds. The van der Waals surface area contributed by atoms with Crippen molar-refractivity contribution in [3.05, 3.63) is 59.2 Å². The summed E-state index contributed by atoms with van der Waals surface area (Å²) in [4.78, 5) is 4.20. The Kier molecular flexibility index (Phi) is 4.12. The Morgan fingerprint density at radius 3 is 2.79 bits per heavy atom. The van der Waals surface area contributed by atoms with Gasteiger partial charge in [0.2, 0.25) is 0 Å². The number of benzene rings is 1. The van der Waals surface area contributed by atoms with Crippen LogP contribution in [0.3, 0.4) is 0 Å². The summed E-state index contributed by atoms with van der Waals surface area (Å²) in [6, 6.07) is 8.25. The van der Waals surface area contributed by atoms with Crippen LogP contribution in [0.25, 0.3) is 0 Å². The lowest BCUT2D eigenvalue weighted by Gasteiger charge is -2.10. The molecule has 0 saturated carbocycles. The highest BCUT2D eigenvalue weighted by molar-refractivity contribution is 5.30. The molecule has 0 aliphatic rings. The van der Waals surface area contributed by atoms with Crippen molar-refractivity contribution < 1.29 is 14.2 Å². The summed E-state index contributed by atoms with van der Waals surface area (Å²) < 4.78 is 19.2. The lowest BCUT2D eigenvalue weighted by atomic mass is 10.1. The molecule has 0 fully saturated rings. The van der Waals surface area contributed by atoms with Crippen molar-refractivity contribution in [3.8, 4) is 5.75 Å². The van der Waals surface area contributed by atoms with Crippen LogP contribution in [0.15, 0.2) is 36.5 Å². The fourth-order valence-electron chi connectivity index (χ4n) is 1.76. The maximum absolute atomic E-state index is 13.7. The summed E-state index contributed by atoms with van der Waals surface area (Å²) in [5.74, 6) is -0.0443. The molecule has 0 aliphatic heterocycles. The maximum atomic E-state index is 13.7. The summed E-state index contributed by atoms with van der Waals surface area (Å²) in [5, 5.41) is 9.35. The molecule has 0 spiro atoms. The SMILES string of the molecule is Cc1cccnc1COc1ccc([C@@H](C)O)c(F)c1. The molecule has 19 heavy (non-hydrogen) atoms. The monoisotopic (exact) mass is 261 g/mol. The zero-order valence-corrected chi connectivity index (χ0v) is 10.9. The van der Waals surface area contributed by atoms with Crippen LogP contribution in [0.4, 0.5) is 4.39 Å². The largest absolute Gasteiger partial charge is 0.487 e. The molecule has 0 bridgehead atoms. The minimum absolute atomic E-state index is 0.265. The van der Waals surface area contributed by atoms with Crippen LogP contribution in [0.2, 0.25) is 0 Å². The van der Waals surface area contributed by atoms with Crippen LogP contribution >= 0.6 is 0 Å². The first-order chi connectivity index (χ1) is 9.08. The van der Waals surface area contributed by atoms with Gasteiger partial charge in [-0.3, -0.25) is 4.98 Å². The van der Waals surface area contributed by atoms with E-state index in [1.165, 1.54) is 19.1 Å². The van der Waals surface area contributed by atoms with Crippen molar-refractivity contribution >= 4 is 0 Å². The van der Waals surface area contributed by atoms with E-state index in [0.29, 0.717) is 12.4 Å². The Morgan fingerprint density at radius 2 is 2.16 bits per heavy atom. The smallest absolute Gasteiger partial charge is 0.132 e. The van der Waals surface area contributed by atoms with Crippen molar-refractivity contribution in [2.75, 3.05) is 0 Å². The van der Waals surface area contributed by atoms with E-state index in [1.54, 1.807) is 12.3 Å². The van der Waals surface area contributed by atoms with E-state index in [0.717, 1.165) is 11.3 Å². The van der Waals surface area contributed by atoms with E-state index in [4.69, 9.17) is 4.74 Å². The Balaban J connectivity index is 2.08. The van der Waals surface area contributed by atoms with Gasteiger partial charge < -0.3 is 9.84 Å². The zero-order valence-electron chi connectivity index (χ0n) is 10.9. The average molecular weight is 261 g/mol. The lowest BCUT2D eigenvalue weighted by molar-refractivity contribution is 0.193. The molecule has 3 nitrogen and oxygen atoms in total. The van der Waals surface area contributed by atoms with Crippen LogP contribution in [0.5, 0.6) is 5.75 Å². The molecule has 4 heteroatoms. The summed E-state index contributed by atoms with van der Waals surface area (Å²) >= 11 is 0. The second-order valence-electron chi connectivity index (χ2n) is 4.41. The number of aliphatic hydroxyl groups is 1. The predicted octanol–water partition coefficient (Wildman–Crippen LogP) is 3.16. The Bertz CT molecular complexity index is 570. The van der Waals surface area contributed by atoms with E-state index in [-0.39, 0.29) is 5.56 Å². The van der Waals surface area contributed by atoms with Crippen molar-refractivity contribution in [2.24, 2.45) is 0 Å². The fourth-order valence-corrected chi connectivity index (χ4v) is 1.76. The van der Waals surface area contributed by atoms with Crippen molar-refractivity contribution in [3.63, 3.8) is 0 Å². The van der Waals surface area contributed by atoms with Gasteiger partial charge in [0.05, 0.1) is 11.8 Å². The molecule has 1 heterocycles. The van der Waals surface area contributed by atoms with E-state index >= 15 is 0 Å². The lowest BCUT2D eigenvalue weighted by Crippen LogP contribution is -2.02. The van der Waals surface area contributed by atoms with Crippen LogP contribution in [-0.4, -0.2) is 10.1 Å².